The van der Waals surface area contributed by atoms with Crippen LogP contribution < -0.4 is 0 Å². The predicted molar refractivity (Wildman–Crippen MR) is 70.0 cm³/mol. The fourth-order valence-electron chi connectivity index (χ4n) is 2.70. The van der Waals surface area contributed by atoms with Gasteiger partial charge in [0, 0.05) is 23.1 Å². The number of aliphatic imine (C=N–C) groups is 1. The summed E-state index contributed by atoms with van der Waals surface area (Å²) in [7, 11) is 1.55. The van der Waals surface area contributed by atoms with E-state index in [-0.39, 0.29) is 11.3 Å². The lowest BCUT2D eigenvalue weighted by molar-refractivity contribution is 0.0949. The zero-order valence-electron chi connectivity index (χ0n) is 10.8. The molecule has 0 bridgehead atoms. The Morgan fingerprint density at radius 3 is 2.56 bits per heavy atom. The van der Waals surface area contributed by atoms with Crippen molar-refractivity contribution in [1.82, 2.24) is 0 Å². The Labute approximate surface area is 106 Å². The van der Waals surface area contributed by atoms with Crippen molar-refractivity contribution >= 4 is 11.5 Å². The number of nitrogens with zero attached hydrogens (tertiary/aromatic N) is 1. The number of hydrogen-bond donors (Lipinski definition) is 0. The number of ketones is 1. The summed E-state index contributed by atoms with van der Waals surface area (Å²) >= 11 is 0. The number of fused-ring (bicyclic) bond motifs is 3. The largest absolute Gasteiger partial charge is 0.492 e. The molecule has 1 aromatic carbocycles. The molecule has 92 valence electrons. The van der Waals surface area contributed by atoms with Crippen LogP contribution in [-0.4, -0.2) is 24.1 Å². The Bertz CT molecular complexity index is 609. The van der Waals surface area contributed by atoms with E-state index in [4.69, 9.17) is 9.73 Å². The highest BCUT2D eigenvalue weighted by atomic mass is 16.5. The maximum absolute atomic E-state index is 12.4. The standard InChI is InChI=1S/C15H15NO2/c1-15(2)8-11-12(16-15)9-6-4-5-7-10(9)13(17)14(11)18-3/h4-7H,8H2,1-3H3. The lowest BCUT2D eigenvalue weighted by Crippen LogP contribution is -2.21. The van der Waals surface area contributed by atoms with Crippen LogP contribution in [0.3, 0.4) is 0 Å². The highest BCUT2D eigenvalue weighted by Gasteiger charge is 2.39. The number of Topliss-reactive ketones (excluding diaryl/α,β-unsaturated/α-hetero) is 1. The van der Waals surface area contributed by atoms with Crippen molar-refractivity contribution in [3.63, 3.8) is 0 Å². The second-order valence-electron chi connectivity index (χ2n) is 5.34. The normalized spacial score (nSPS) is 20.4. The lowest BCUT2D eigenvalue weighted by atomic mass is 9.86. The molecule has 0 N–H and O–H groups in total. The molecule has 0 fully saturated rings. The van der Waals surface area contributed by atoms with Gasteiger partial charge in [0.15, 0.2) is 5.76 Å². The third-order valence-electron chi connectivity index (χ3n) is 3.42. The van der Waals surface area contributed by atoms with E-state index >= 15 is 0 Å². The van der Waals surface area contributed by atoms with Gasteiger partial charge >= 0.3 is 0 Å². The molecule has 0 radical (unpaired) electrons. The van der Waals surface area contributed by atoms with Crippen molar-refractivity contribution in [3.8, 4) is 0 Å². The molecule has 0 atom stereocenters. The van der Waals surface area contributed by atoms with Crippen molar-refractivity contribution in [1.29, 1.82) is 0 Å². The Kier molecular flexibility index (Phi) is 2.21. The minimum atomic E-state index is -0.161. The number of carbonyl (C=O) groups is 1. The lowest BCUT2D eigenvalue weighted by Gasteiger charge is -2.19. The summed E-state index contributed by atoms with van der Waals surface area (Å²) in [6.07, 6.45) is 0.756. The molecule has 2 aliphatic rings. The highest BCUT2D eigenvalue weighted by Crippen LogP contribution is 2.38. The minimum absolute atomic E-state index is 0.0280. The van der Waals surface area contributed by atoms with E-state index in [9.17, 15) is 4.79 Å². The first kappa shape index (κ1) is 11.2. The quantitative estimate of drug-likeness (QED) is 0.758. The Morgan fingerprint density at radius 2 is 1.89 bits per heavy atom. The summed E-state index contributed by atoms with van der Waals surface area (Å²) in [5.41, 5.74) is 3.34. The van der Waals surface area contributed by atoms with Crippen molar-refractivity contribution in [2.45, 2.75) is 25.8 Å². The number of ether oxygens (including phenoxy) is 1. The maximum Gasteiger partial charge on any atom is 0.228 e. The van der Waals surface area contributed by atoms with Gasteiger partial charge in [-0.2, -0.15) is 0 Å². The van der Waals surface area contributed by atoms with Gasteiger partial charge in [0.05, 0.1) is 18.4 Å². The predicted octanol–water partition coefficient (Wildman–Crippen LogP) is 2.75. The van der Waals surface area contributed by atoms with E-state index in [2.05, 4.69) is 13.8 Å². The first-order chi connectivity index (χ1) is 8.53. The molecule has 1 heterocycles. The second-order valence-corrected chi connectivity index (χ2v) is 5.34. The topological polar surface area (TPSA) is 38.7 Å². The fraction of sp³-hybridized carbons (Fsp3) is 0.333. The van der Waals surface area contributed by atoms with Gasteiger partial charge in [-0.25, -0.2) is 0 Å². The number of carbonyl (C=O) groups excluding carboxylic acids is 1. The van der Waals surface area contributed by atoms with Crippen molar-refractivity contribution in [2.75, 3.05) is 7.11 Å². The molecule has 1 aromatic rings. The third kappa shape index (κ3) is 1.43. The average Bonchev–Trinajstić information content (AvgIpc) is 2.66. The van der Waals surface area contributed by atoms with E-state index in [1.807, 2.05) is 24.3 Å². The molecule has 3 rings (SSSR count). The van der Waals surface area contributed by atoms with Gasteiger partial charge in [0.25, 0.3) is 0 Å². The van der Waals surface area contributed by atoms with Crippen molar-refractivity contribution < 1.29 is 9.53 Å². The summed E-state index contributed by atoms with van der Waals surface area (Å²) in [6, 6.07) is 7.60. The summed E-state index contributed by atoms with van der Waals surface area (Å²) in [5.74, 6) is 0.428. The molecule has 0 saturated carbocycles. The molecular weight excluding hydrogens is 226 g/mol. The third-order valence-corrected chi connectivity index (χ3v) is 3.42. The molecule has 18 heavy (non-hydrogen) atoms. The van der Waals surface area contributed by atoms with Gasteiger partial charge in [0.1, 0.15) is 0 Å². The molecule has 0 spiro atoms. The fourth-order valence-corrected chi connectivity index (χ4v) is 2.70. The van der Waals surface area contributed by atoms with Crippen LogP contribution in [0.1, 0.15) is 36.2 Å². The molecule has 0 aromatic heterocycles. The van der Waals surface area contributed by atoms with Gasteiger partial charge < -0.3 is 4.74 Å². The van der Waals surface area contributed by atoms with Crippen LogP contribution in [-0.2, 0) is 4.74 Å². The van der Waals surface area contributed by atoms with Crippen LogP contribution in [0.5, 0.6) is 0 Å². The molecule has 1 aliphatic carbocycles. The Morgan fingerprint density at radius 1 is 1.22 bits per heavy atom. The molecular formula is C15H15NO2. The Balaban J connectivity index is 2.30. The minimum Gasteiger partial charge on any atom is -0.492 e. The van der Waals surface area contributed by atoms with Gasteiger partial charge in [-0.3, -0.25) is 9.79 Å². The van der Waals surface area contributed by atoms with Crippen molar-refractivity contribution in [3.05, 3.63) is 46.7 Å². The van der Waals surface area contributed by atoms with E-state index in [0.717, 1.165) is 23.3 Å². The number of allylic oxidation sites excluding steroid dienone is 1. The highest BCUT2D eigenvalue weighted by molar-refractivity contribution is 6.28. The first-order valence-electron chi connectivity index (χ1n) is 6.05. The Hall–Kier alpha value is -1.90. The molecule has 3 nitrogen and oxygen atoms in total. The summed E-state index contributed by atoms with van der Waals surface area (Å²) in [5, 5.41) is 0. The van der Waals surface area contributed by atoms with Gasteiger partial charge in [-0.1, -0.05) is 24.3 Å². The van der Waals surface area contributed by atoms with Crippen LogP contribution in [0.4, 0.5) is 0 Å². The van der Waals surface area contributed by atoms with E-state index < -0.39 is 0 Å². The van der Waals surface area contributed by atoms with Crippen LogP contribution in [0, 0.1) is 0 Å². The zero-order chi connectivity index (χ0) is 12.9. The van der Waals surface area contributed by atoms with Gasteiger partial charge in [-0.05, 0) is 13.8 Å². The number of methoxy groups -OCH3 is 1. The van der Waals surface area contributed by atoms with Crippen molar-refractivity contribution in [2.24, 2.45) is 4.99 Å². The van der Waals surface area contributed by atoms with Crippen LogP contribution in [0.2, 0.25) is 0 Å². The molecule has 3 heteroatoms. The molecule has 0 unspecified atom stereocenters. The number of rotatable bonds is 1. The number of benzene rings is 1. The zero-order valence-corrected chi connectivity index (χ0v) is 10.8. The number of hydrogen-bond acceptors (Lipinski definition) is 3. The molecule has 0 amide bonds. The van der Waals surface area contributed by atoms with Gasteiger partial charge in [0.2, 0.25) is 5.78 Å². The molecule has 0 saturated heterocycles. The van der Waals surface area contributed by atoms with E-state index in [1.54, 1.807) is 7.11 Å². The average molecular weight is 241 g/mol. The van der Waals surface area contributed by atoms with Gasteiger partial charge in [-0.15, -0.1) is 0 Å². The summed E-state index contributed by atoms with van der Waals surface area (Å²) in [4.78, 5) is 17.1. The van der Waals surface area contributed by atoms with Crippen LogP contribution in [0.15, 0.2) is 40.6 Å². The summed E-state index contributed by atoms with van der Waals surface area (Å²) < 4.78 is 5.32. The van der Waals surface area contributed by atoms with Crippen LogP contribution in [0.25, 0.3) is 0 Å². The second kappa shape index (κ2) is 3.55. The van der Waals surface area contributed by atoms with E-state index in [1.165, 1.54) is 0 Å². The monoisotopic (exact) mass is 241 g/mol. The summed E-state index contributed by atoms with van der Waals surface area (Å²) in [6.45, 7) is 4.15. The first-order valence-corrected chi connectivity index (χ1v) is 6.05. The maximum atomic E-state index is 12.4. The SMILES string of the molecule is COC1=C2CC(C)(C)N=C2c2ccccc2C1=O. The smallest absolute Gasteiger partial charge is 0.228 e. The van der Waals surface area contributed by atoms with Crippen LogP contribution >= 0.6 is 0 Å². The molecule has 1 aliphatic heterocycles. The van der Waals surface area contributed by atoms with E-state index in [0.29, 0.717) is 11.3 Å².